The van der Waals surface area contributed by atoms with Crippen LogP contribution < -0.4 is 10.6 Å². The van der Waals surface area contributed by atoms with Crippen molar-refractivity contribution in [1.29, 1.82) is 0 Å². The zero-order valence-corrected chi connectivity index (χ0v) is 12.1. The van der Waals surface area contributed by atoms with Crippen molar-refractivity contribution in [3.05, 3.63) is 53.6 Å². The van der Waals surface area contributed by atoms with Crippen LogP contribution in [0.25, 0.3) is 0 Å². The van der Waals surface area contributed by atoms with Crippen molar-refractivity contribution in [3.8, 4) is 0 Å². The molecule has 1 amide bonds. The topological polar surface area (TPSA) is 54.0 Å². The number of rotatable bonds is 5. The molecule has 0 saturated heterocycles. The summed E-state index contributed by atoms with van der Waals surface area (Å²) in [5, 5.41) is 5.86. The summed E-state index contributed by atoms with van der Waals surface area (Å²) < 4.78 is 13.4. The Kier molecular flexibility index (Phi) is 4.87. The van der Waals surface area contributed by atoms with Gasteiger partial charge in [-0.3, -0.25) is 9.78 Å². The van der Waals surface area contributed by atoms with Crippen LogP contribution in [0, 0.1) is 12.7 Å². The molecule has 110 valence electrons. The molecule has 0 fully saturated rings. The summed E-state index contributed by atoms with van der Waals surface area (Å²) >= 11 is 0. The fourth-order valence-corrected chi connectivity index (χ4v) is 2.00. The van der Waals surface area contributed by atoms with Crippen molar-refractivity contribution in [2.45, 2.75) is 20.3 Å². The van der Waals surface area contributed by atoms with E-state index in [1.54, 1.807) is 31.5 Å². The number of hydrogen-bond acceptors (Lipinski definition) is 3. The molecule has 1 aromatic carbocycles. The number of nitrogens with one attached hydrogen (secondary N) is 2. The first-order valence-electron chi connectivity index (χ1n) is 6.86. The van der Waals surface area contributed by atoms with Gasteiger partial charge >= 0.3 is 0 Å². The van der Waals surface area contributed by atoms with Gasteiger partial charge in [0.15, 0.2) is 0 Å². The summed E-state index contributed by atoms with van der Waals surface area (Å²) in [6, 6.07) is 6.07. The molecule has 2 N–H and O–H groups in total. The second-order valence-electron chi connectivity index (χ2n) is 4.82. The molecule has 2 aromatic rings. The number of nitrogens with zero attached hydrogens (tertiary/aromatic N) is 1. The zero-order chi connectivity index (χ0) is 15.2. The van der Waals surface area contributed by atoms with E-state index in [-0.39, 0.29) is 11.7 Å². The summed E-state index contributed by atoms with van der Waals surface area (Å²) in [5.41, 5.74) is 2.35. The lowest BCUT2D eigenvalue weighted by atomic mass is 10.1. The third-order valence-corrected chi connectivity index (χ3v) is 2.93. The molecule has 0 unspecified atom stereocenters. The number of pyridine rings is 1. The minimum absolute atomic E-state index is 0.291. The normalized spacial score (nSPS) is 10.2. The van der Waals surface area contributed by atoms with Gasteiger partial charge in [-0.1, -0.05) is 6.92 Å². The first-order chi connectivity index (χ1) is 10.1. The Morgan fingerprint density at radius 3 is 2.86 bits per heavy atom. The summed E-state index contributed by atoms with van der Waals surface area (Å²) in [4.78, 5) is 16.3. The van der Waals surface area contributed by atoms with Gasteiger partial charge in [0.05, 0.1) is 17.4 Å². The van der Waals surface area contributed by atoms with E-state index >= 15 is 0 Å². The minimum atomic E-state index is -0.371. The van der Waals surface area contributed by atoms with Gasteiger partial charge in [-0.05, 0) is 43.2 Å². The summed E-state index contributed by atoms with van der Waals surface area (Å²) in [6.45, 7) is 4.57. The molecule has 0 spiro atoms. The molecule has 0 aliphatic carbocycles. The van der Waals surface area contributed by atoms with Crippen LogP contribution in [-0.2, 0) is 0 Å². The SMILES string of the molecule is CCCNc1cnccc1C(=O)Nc1cc(C)cc(F)c1. The van der Waals surface area contributed by atoms with Crippen LogP contribution in [0.4, 0.5) is 15.8 Å². The average molecular weight is 287 g/mol. The molecule has 21 heavy (non-hydrogen) atoms. The van der Waals surface area contributed by atoms with E-state index < -0.39 is 0 Å². The van der Waals surface area contributed by atoms with Crippen LogP contribution in [-0.4, -0.2) is 17.4 Å². The fraction of sp³-hybridized carbons (Fsp3) is 0.250. The van der Waals surface area contributed by atoms with E-state index in [4.69, 9.17) is 0 Å². The quantitative estimate of drug-likeness (QED) is 0.883. The van der Waals surface area contributed by atoms with Crippen molar-refractivity contribution >= 4 is 17.3 Å². The Hall–Kier alpha value is -2.43. The maximum absolute atomic E-state index is 13.4. The van der Waals surface area contributed by atoms with E-state index in [1.165, 1.54) is 12.1 Å². The predicted molar refractivity (Wildman–Crippen MR) is 82.1 cm³/mol. The molecule has 0 aliphatic heterocycles. The molecular formula is C16H18FN3O. The van der Waals surface area contributed by atoms with Crippen LogP contribution in [0.15, 0.2) is 36.7 Å². The Morgan fingerprint density at radius 1 is 1.33 bits per heavy atom. The third-order valence-electron chi connectivity index (χ3n) is 2.93. The lowest BCUT2D eigenvalue weighted by molar-refractivity contribution is 0.102. The number of aryl methyl sites for hydroxylation is 1. The Bertz CT molecular complexity index is 623. The van der Waals surface area contributed by atoms with Gasteiger partial charge in [-0.15, -0.1) is 0 Å². The molecule has 0 radical (unpaired) electrons. The highest BCUT2D eigenvalue weighted by molar-refractivity contribution is 6.07. The van der Waals surface area contributed by atoms with Crippen molar-refractivity contribution in [2.75, 3.05) is 17.2 Å². The number of anilines is 2. The predicted octanol–water partition coefficient (Wildman–Crippen LogP) is 3.60. The molecule has 1 aromatic heterocycles. The van der Waals surface area contributed by atoms with Crippen LogP contribution in [0.2, 0.25) is 0 Å². The second-order valence-corrected chi connectivity index (χ2v) is 4.82. The number of carbonyl (C=O) groups is 1. The van der Waals surface area contributed by atoms with Gasteiger partial charge in [0.1, 0.15) is 5.82 Å². The van der Waals surface area contributed by atoms with Crippen LogP contribution in [0.5, 0.6) is 0 Å². The maximum atomic E-state index is 13.4. The molecule has 0 bridgehead atoms. The average Bonchev–Trinajstić information content (AvgIpc) is 2.44. The second kappa shape index (κ2) is 6.83. The number of halogens is 1. The first-order valence-corrected chi connectivity index (χ1v) is 6.86. The summed E-state index contributed by atoms with van der Waals surface area (Å²) in [6.07, 6.45) is 4.11. The molecule has 0 aliphatic rings. The van der Waals surface area contributed by atoms with Gasteiger partial charge in [-0.25, -0.2) is 4.39 Å². The fourth-order valence-electron chi connectivity index (χ4n) is 2.00. The first kappa shape index (κ1) is 15.0. The summed E-state index contributed by atoms with van der Waals surface area (Å²) in [7, 11) is 0. The van der Waals surface area contributed by atoms with Gasteiger partial charge in [0, 0.05) is 18.4 Å². The van der Waals surface area contributed by atoms with Crippen LogP contribution >= 0.6 is 0 Å². The van der Waals surface area contributed by atoms with E-state index in [9.17, 15) is 9.18 Å². The molecule has 4 nitrogen and oxygen atoms in total. The number of hydrogen-bond donors (Lipinski definition) is 2. The minimum Gasteiger partial charge on any atom is -0.383 e. The van der Waals surface area contributed by atoms with E-state index in [0.29, 0.717) is 16.9 Å². The molecule has 1 heterocycles. The monoisotopic (exact) mass is 287 g/mol. The standard InChI is InChI=1S/C16H18FN3O/c1-3-5-19-15-10-18-6-4-14(15)16(21)20-13-8-11(2)7-12(17)9-13/h4,6-10,19H,3,5H2,1-2H3,(H,20,21). The highest BCUT2D eigenvalue weighted by Gasteiger charge is 2.12. The van der Waals surface area contributed by atoms with Gasteiger partial charge in [0.2, 0.25) is 0 Å². The Labute approximate surface area is 123 Å². The maximum Gasteiger partial charge on any atom is 0.257 e. The van der Waals surface area contributed by atoms with E-state index in [0.717, 1.165) is 18.5 Å². The molecule has 2 rings (SSSR count). The van der Waals surface area contributed by atoms with Crippen LogP contribution in [0.1, 0.15) is 29.3 Å². The third kappa shape index (κ3) is 4.02. The summed E-state index contributed by atoms with van der Waals surface area (Å²) in [5.74, 6) is -0.662. The Balaban J connectivity index is 2.20. The molecular weight excluding hydrogens is 269 g/mol. The van der Waals surface area contributed by atoms with Gasteiger partial charge < -0.3 is 10.6 Å². The number of carbonyl (C=O) groups excluding carboxylic acids is 1. The van der Waals surface area contributed by atoms with Crippen molar-refractivity contribution in [1.82, 2.24) is 4.98 Å². The highest BCUT2D eigenvalue weighted by Crippen LogP contribution is 2.18. The lowest BCUT2D eigenvalue weighted by Gasteiger charge is -2.11. The number of amides is 1. The van der Waals surface area contributed by atoms with Gasteiger partial charge in [0.25, 0.3) is 5.91 Å². The molecule has 0 saturated carbocycles. The lowest BCUT2D eigenvalue weighted by Crippen LogP contribution is -2.15. The zero-order valence-electron chi connectivity index (χ0n) is 12.1. The Morgan fingerprint density at radius 2 is 2.14 bits per heavy atom. The van der Waals surface area contributed by atoms with Crippen molar-refractivity contribution in [3.63, 3.8) is 0 Å². The van der Waals surface area contributed by atoms with Gasteiger partial charge in [-0.2, -0.15) is 0 Å². The number of aromatic nitrogens is 1. The van der Waals surface area contributed by atoms with Crippen molar-refractivity contribution in [2.24, 2.45) is 0 Å². The van der Waals surface area contributed by atoms with E-state index in [2.05, 4.69) is 15.6 Å². The largest absolute Gasteiger partial charge is 0.383 e. The number of benzene rings is 1. The van der Waals surface area contributed by atoms with Crippen LogP contribution in [0.3, 0.4) is 0 Å². The molecule has 5 heteroatoms. The van der Waals surface area contributed by atoms with Crippen molar-refractivity contribution < 1.29 is 9.18 Å². The van der Waals surface area contributed by atoms with E-state index in [1.807, 2.05) is 6.92 Å². The molecule has 0 atom stereocenters. The highest BCUT2D eigenvalue weighted by atomic mass is 19.1. The smallest absolute Gasteiger partial charge is 0.257 e.